The molecule has 4 heteroatoms. The van der Waals surface area contributed by atoms with Gasteiger partial charge in [-0.2, -0.15) is 0 Å². The van der Waals surface area contributed by atoms with E-state index in [0.717, 1.165) is 17.5 Å². The van der Waals surface area contributed by atoms with Gasteiger partial charge in [0.25, 0.3) is 5.91 Å². The van der Waals surface area contributed by atoms with E-state index < -0.39 is 0 Å². The van der Waals surface area contributed by atoms with Crippen LogP contribution < -0.4 is 10.7 Å². The van der Waals surface area contributed by atoms with Crippen molar-refractivity contribution in [1.82, 2.24) is 5.32 Å². The first-order chi connectivity index (χ1) is 13.5. The Morgan fingerprint density at radius 1 is 1.04 bits per heavy atom. The molecule has 1 aromatic heterocycles. The summed E-state index contributed by atoms with van der Waals surface area (Å²) in [4.78, 5) is 25.0. The fourth-order valence-electron chi connectivity index (χ4n) is 3.98. The van der Waals surface area contributed by atoms with Crippen LogP contribution in [-0.4, -0.2) is 11.9 Å². The van der Waals surface area contributed by atoms with Crippen molar-refractivity contribution in [3.63, 3.8) is 0 Å². The number of fused-ring (bicyclic) bond motifs is 1. The molecule has 0 radical (unpaired) electrons. The van der Waals surface area contributed by atoms with Crippen LogP contribution in [0.4, 0.5) is 0 Å². The molecule has 2 unspecified atom stereocenters. The minimum Gasteiger partial charge on any atom is -0.456 e. The second-order valence-corrected chi connectivity index (χ2v) is 7.89. The first-order valence-electron chi connectivity index (χ1n) is 9.97. The normalized spacial score (nSPS) is 19.5. The molecular weight excluding hydrogens is 350 g/mol. The fourth-order valence-corrected chi connectivity index (χ4v) is 3.98. The van der Waals surface area contributed by atoms with Gasteiger partial charge in [-0.05, 0) is 49.9 Å². The van der Waals surface area contributed by atoms with Crippen LogP contribution in [0.15, 0.2) is 57.7 Å². The van der Waals surface area contributed by atoms with E-state index in [0.29, 0.717) is 28.2 Å². The average molecular weight is 375 g/mol. The van der Waals surface area contributed by atoms with Gasteiger partial charge in [-0.1, -0.05) is 43.5 Å². The predicted octanol–water partition coefficient (Wildman–Crippen LogP) is 5.08. The molecule has 1 fully saturated rings. The van der Waals surface area contributed by atoms with E-state index in [1.807, 2.05) is 37.3 Å². The van der Waals surface area contributed by atoms with Crippen LogP contribution in [0.2, 0.25) is 0 Å². The molecule has 1 aliphatic rings. The Bertz CT molecular complexity index is 1070. The zero-order valence-corrected chi connectivity index (χ0v) is 16.3. The quantitative estimate of drug-likeness (QED) is 0.695. The van der Waals surface area contributed by atoms with Gasteiger partial charge in [0.05, 0.1) is 5.39 Å². The van der Waals surface area contributed by atoms with Crippen molar-refractivity contribution in [2.45, 2.75) is 45.6 Å². The maximum atomic E-state index is 12.6. The molecule has 4 nitrogen and oxygen atoms in total. The van der Waals surface area contributed by atoms with Crippen LogP contribution >= 0.6 is 0 Å². The SMILES string of the molecule is Cc1ccc2oc(-c3ccc(C(=O)NC4CCCCC4C)cc3)cc(=O)c2c1. The fraction of sp³-hybridized carbons (Fsp3) is 0.333. The molecular formula is C24H25NO3. The van der Waals surface area contributed by atoms with Crippen molar-refractivity contribution in [2.24, 2.45) is 5.92 Å². The Hall–Kier alpha value is -2.88. The van der Waals surface area contributed by atoms with Gasteiger partial charge >= 0.3 is 0 Å². The monoisotopic (exact) mass is 375 g/mol. The number of carbonyl (C=O) groups is 1. The third kappa shape index (κ3) is 3.72. The Balaban J connectivity index is 1.56. The highest BCUT2D eigenvalue weighted by molar-refractivity contribution is 5.94. The largest absolute Gasteiger partial charge is 0.456 e. The number of rotatable bonds is 3. The number of aryl methyl sites for hydroxylation is 1. The maximum Gasteiger partial charge on any atom is 0.251 e. The van der Waals surface area contributed by atoms with Crippen molar-refractivity contribution < 1.29 is 9.21 Å². The van der Waals surface area contributed by atoms with Gasteiger partial charge in [0, 0.05) is 23.2 Å². The van der Waals surface area contributed by atoms with Crippen LogP contribution in [0.1, 0.15) is 48.5 Å². The van der Waals surface area contributed by atoms with Crippen molar-refractivity contribution in [3.05, 3.63) is 69.9 Å². The molecule has 3 aromatic rings. The summed E-state index contributed by atoms with van der Waals surface area (Å²) in [6, 6.07) is 14.6. The molecule has 1 N–H and O–H groups in total. The minimum absolute atomic E-state index is 0.0410. The van der Waals surface area contributed by atoms with Crippen molar-refractivity contribution in [1.29, 1.82) is 0 Å². The standard InChI is InChI=1S/C24H25NO3/c1-15-7-12-22-19(13-15)21(26)14-23(28-22)17-8-10-18(11-9-17)24(27)25-20-6-4-3-5-16(20)2/h7-14,16,20H,3-6H2,1-2H3,(H,25,27). The summed E-state index contributed by atoms with van der Waals surface area (Å²) in [6.07, 6.45) is 4.64. The lowest BCUT2D eigenvalue weighted by Gasteiger charge is -2.29. The summed E-state index contributed by atoms with van der Waals surface area (Å²) < 4.78 is 5.92. The molecule has 0 spiro atoms. The molecule has 1 amide bonds. The summed E-state index contributed by atoms with van der Waals surface area (Å²) in [5.74, 6) is 0.988. The number of hydrogen-bond donors (Lipinski definition) is 1. The van der Waals surface area contributed by atoms with E-state index >= 15 is 0 Å². The Labute approximate surface area is 164 Å². The van der Waals surface area contributed by atoms with E-state index in [9.17, 15) is 9.59 Å². The predicted molar refractivity (Wildman–Crippen MR) is 112 cm³/mol. The van der Waals surface area contributed by atoms with Gasteiger partial charge < -0.3 is 9.73 Å². The molecule has 0 aliphatic heterocycles. The molecule has 0 saturated heterocycles. The Morgan fingerprint density at radius 3 is 2.54 bits per heavy atom. The van der Waals surface area contributed by atoms with Crippen LogP contribution in [-0.2, 0) is 0 Å². The second-order valence-electron chi connectivity index (χ2n) is 7.89. The molecule has 0 bridgehead atoms. The minimum atomic E-state index is -0.0620. The zero-order valence-electron chi connectivity index (χ0n) is 16.3. The van der Waals surface area contributed by atoms with Gasteiger partial charge in [-0.15, -0.1) is 0 Å². The molecule has 1 aliphatic carbocycles. The van der Waals surface area contributed by atoms with Crippen molar-refractivity contribution >= 4 is 16.9 Å². The van der Waals surface area contributed by atoms with E-state index in [2.05, 4.69) is 12.2 Å². The van der Waals surface area contributed by atoms with E-state index in [1.54, 1.807) is 12.1 Å². The van der Waals surface area contributed by atoms with Crippen LogP contribution in [0, 0.1) is 12.8 Å². The molecule has 144 valence electrons. The molecule has 4 rings (SSSR count). The first kappa shape index (κ1) is 18.5. The lowest BCUT2D eigenvalue weighted by Crippen LogP contribution is -2.41. The molecule has 2 atom stereocenters. The Morgan fingerprint density at radius 2 is 1.79 bits per heavy atom. The molecule has 28 heavy (non-hydrogen) atoms. The van der Waals surface area contributed by atoms with Crippen LogP contribution in [0.5, 0.6) is 0 Å². The number of carbonyl (C=O) groups excluding carboxylic acids is 1. The summed E-state index contributed by atoms with van der Waals surface area (Å²) >= 11 is 0. The highest BCUT2D eigenvalue weighted by atomic mass is 16.3. The second kappa shape index (κ2) is 7.63. The number of benzene rings is 2. The summed E-state index contributed by atoms with van der Waals surface area (Å²) in [5.41, 5.74) is 2.94. The van der Waals surface area contributed by atoms with Crippen molar-refractivity contribution in [3.8, 4) is 11.3 Å². The lowest BCUT2D eigenvalue weighted by atomic mass is 9.86. The molecule has 2 aromatic carbocycles. The first-order valence-corrected chi connectivity index (χ1v) is 9.97. The summed E-state index contributed by atoms with van der Waals surface area (Å²) in [5, 5.41) is 3.75. The van der Waals surface area contributed by atoms with Crippen molar-refractivity contribution in [2.75, 3.05) is 0 Å². The van der Waals surface area contributed by atoms with E-state index in [4.69, 9.17) is 4.42 Å². The number of amides is 1. The highest BCUT2D eigenvalue weighted by Gasteiger charge is 2.23. The topological polar surface area (TPSA) is 59.3 Å². The lowest BCUT2D eigenvalue weighted by molar-refractivity contribution is 0.0910. The van der Waals surface area contributed by atoms with Gasteiger partial charge in [0.2, 0.25) is 0 Å². The van der Waals surface area contributed by atoms with Gasteiger partial charge in [-0.3, -0.25) is 9.59 Å². The summed E-state index contributed by atoms with van der Waals surface area (Å²) in [6.45, 7) is 4.15. The third-order valence-corrected chi connectivity index (χ3v) is 5.74. The maximum absolute atomic E-state index is 12.6. The van der Waals surface area contributed by atoms with E-state index in [-0.39, 0.29) is 17.4 Å². The van der Waals surface area contributed by atoms with Crippen LogP contribution in [0.25, 0.3) is 22.3 Å². The van der Waals surface area contributed by atoms with Crippen LogP contribution in [0.3, 0.4) is 0 Å². The third-order valence-electron chi connectivity index (χ3n) is 5.74. The number of hydrogen-bond acceptors (Lipinski definition) is 3. The zero-order chi connectivity index (χ0) is 19.7. The molecule has 1 saturated carbocycles. The van der Waals surface area contributed by atoms with Gasteiger partial charge in [0.15, 0.2) is 5.43 Å². The average Bonchev–Trinajstić information content (AvgIpc) is 2.70. The van der Waals surface area contributed by atoms with E-state index in [1.165, 1.54) is 25.3 Å². The number of nitrogens with one attached hydrogen (secondary N) is 1. The Kier molecular flexibility index (Phi) is 5.03. The summed E-state index contributed by atoms with van der Waals surface area (Å²) in [7, 11) is 0. The highest BCUT2D eigenvalue weighted by Crippen LogP contribution is 2.25. The van der Waals surface area contributed by atoms with Gasteiger partial charge in [0.1, 0.15) is 11.3 Å². The van der Waals surface area contributed by atoms with Gasteiger partial charge in [-0.25, -0.2) is 0 Å². The molecule has 1 heterocycles. The smallest absolute Gasteiger partial charge is 0.251 e.